The molecule has 0 bridgehead atoms. The molecule has 1 aliphatic heterocycles. The molecule has 0 aliphatic carbocycles. The number of morpholine rings is 1. The van der Waals surface area contributed by atoms with Crippen molar-refractivity contribution < 1.29 is 4.74 Å². The van der Waals surface area contributed by atoms with Gasteiger partial charge in [-0.2, -0.15) is 5.26 Å². The van der Waals surface area contributed by atoms with Crippen LogP contribution in [0.2, 0.25) is 0 Å². The third-order valence-corrected chi connectivity index (χ3v) is 6.24. The van der Waals surface area contributed by atoms with E-state index in [1.807, 2.05) is 36.7 Å². The van der Waals surface area contributed by atoms with Crippen LogP contribution in [0, 0.1) is 18.3 Å². The molecule has 0 unspecified atom stereocenters. The minimum Gasteiger partial charge on any atom is -0.379 e. The molecular formula is C26H27N7O. The van der Waals surface area contributed by atoms with Gasteiger partial charge in [-0.3, -0.25) is 9.88 Å². The van der Waals surface area contributed by atoms with Crippen LogP contribution >= 0.6 is 0 Å². The Morgan fingerprint density at radius 3 is 2.79 bits per heavy atom. The van der Waals surface area contributed by atoms with Crippen molar-refractivity contribution in [3.63, 3.8) is 0 Å². The van der Waals surface area contributed by atoms with Crippen LogP contribution in [0.5, 0.6) is 0 Å². The maximum atomic E-state index is 9.75. The number of nitrogens with one attached hydrogen (secondary N) is 3. The number of rotatable bonds is 7. The second-order valence-corrected chi connectivity index (χ2v) is 8.34. The minimum absolute atomic E-state index is 0.485. The molecule has 8 nitrogen and oxygen atoms in total. The number of aryl methyl sites for hydroxylation is 1. The number of nitriles is 1. The van der Waals surface area contributed by atoms with Crippen LogP contribution in [0.4, 0.5) is 17.2 Å². The largest absolute Gasteiger partial charge is 0.379 e. The van der Waals surface area contributed by atoms with E-state index in [9.17, 15) is 5.26 Å². The molecule has 172 valence electrons. The number of hydrogen-bond donors (Lipinski definition) is 3. The van der Waals surface area contributed by atoms with E-state index in [1.165, 1.54) is 0 Å². The second-order valence-electron chi connectivity index (χ2n) is 8.34. The zero-order valence-corrected chi connectivity index (χ0v) is 19.1. The summed E-state index contributed by atoms with van der Waals surface area (Å²) in [6.45, 7) is 7.41. The summed E-state index contributed by atoms with van der Waals surface area (Å²) >= 11 is 0. The van der Waals surface area contributed by atoms with Crippen LogP contribution in [0.15, 0.2) is 55.1 Å². The van der Waals surface area contributed by atoms with Gasteiger partial charge in [-0.15, -0.1) is 0 Å². The number of pyridine rings is 2. The molecule has 0 atom stereocenters. The van der Waals surface area contributed by atoms with Crippen LogP contribution in [0.25, 0.3) is 22.0 Å². The number of nitrogens with zero attached hydrogens (tertiary/aromatic N) is 4. The Labute approximate surface area is 198 Å². The quantitative estimate of drug-likeness (QED) is 0.384. The van der Waals surface area contributed by atoms with Gasteiger partial charge in [0.1, 0.15) is 11.9 Å². The van der Waals surface area contributed by atoms with E-state index in [4.69, 9.17) is 4.74 Å². The minimum atomic E-state index is 0.485. The van der Waals surface area contributed by atoms with Gasteiger partial charge in [0.05, 0.1) is 24.5 Å². The molecule has 4 aromatic rings. The van der Waals surface area contributed by atoms with E-state index in [0.29, 0.717) is 5.56 Å². The number of fused-ring (bicyclic) bond motifs is 1. The molecule has 3 N–H and O–H groups in total. The monoisotopic (exact) mass is 453 g/mol. The summed E-state index contributed by atoms with van der Waals surface area (Å²) in [6.07, 6.45) is 7.12. The lowest BCUT2D eigenvalue weighted by Crippen LogP contribution is -2.39. The van der Waals surface area contributed by atoms with Gasteiger partial charge >= 0.3 is 0 Å². The van der Waals surface area contributed by atoms with Gasteiger partial charge in [-0.1, -0.05) is 0 Å². The third-order valence-electron chi connectivity index (χ3n) is 6.24. The molecule has 3 aromatic heterocycles. The predicted octanol–water partition coefficient (Wildman–Crippen LogP) is 4.29. The Balaban J connectivity index is 1.36. The van der Waals surface area contributed by atoms with Gasteiger partial charge in [0, 0.05) is 78.7 Å². The van der Waals surface area contributed by atoms with Crippen molar-refractivity contribution >= 4 is 28.1 Å². The van der Waals surface area contributed by atoms with Crippen LogP contribution in [0.1, 0.15) is 11.1 Å². The summed E-state index contributed by atoms with van der Waals surface area (Å²) in [5, 5.41) is 17.8. The van der Waals surface area contributed by atoms with Crippen molar-refractivity contribution in [2.75, 3.05) is 50.0 Å². The fourth-order valence-corrected chi connectivity index (χ4v) is 4.28. The maximum absolute atomic E-state index is 9.75. The normalized spacial score (nSPS) is 14.1. The number of anilines is 3. The zero-order chi connectivity index (χ0) is 23.3. The molecule has 0 spiro atoms. The van der Waals surface area contributed by atoms with Gasteiger partial charge in [0.2, 0.25) is 0 Å². The lowest BCUT2D eigenvalue weighted by Gasteiger charge is -2.26. The molecule has 0 radical (unpaired) electrons. The van der Waals surface area contributed by atoms with Crippen LogP contribution in [0.3, 0.4) is 0 Å². The lowest BCUT2D eigenvalue weighted by atomic mass is 10.0. The van der Waals surface area contributed by atoms with Crippen LogP contribution in [-0.2, 0) is 4.74 Å². The first-order valence-corrected chi connectivity index (χ1v) is 11.4. The maximum Gasteiger partial charge on any atom is 0.125 e. The first-order chi connectivity index (χ1) is 16.7. The van der Waals surface area contributed by atoms with Crippen LogP contribution in [-0.4, -0.2) is 59.2 Å². The average molecular weight is 454 g/mol. The van der Waals surface area contributed by atoms with Gasteiger partial charge in [0.15, 0.2) is 0 Å². The highest BCUT2D eigenvalue weighted by molar-refractivity contribution is 5.91. The topological polar surface area (TPSA) is 102 Å². The summed E-state index contributed by atoms with van der Waals surface area (Å²) in [6, 6.07) is 12.4. The summed E-state index contributed by atoms with van der Waals surface area (Å²) in [7, 11) is 0. The third kappa shape index (κ3) is 4.57. The zero-order valence-electron chi connectivity index (χ0n) is 19.1. The molecule has 8 heteroatoms. The molecule has 1 fully saturated rings. The first kappa shape index (κ1) is 21.9. The van der Waals surface area contributed by atoms with Crippen molar-refractivity contribution in [2.24, 2.45) is 0 Å². The SMILES string of the molecule is Cc1c(Nc2c(C#N)cncc2-c2ccc(NCCN3CCOCC3)nc2)ccc2[nH]ccc12. The number of benzene rings is 1. The first-order valence-electron chi connectivity index (χ1n) is 11.4. The molecule has 1 aromatic carbocycles. The summed E-state index contributed by atoms with van der Waals surface area (Å²) < 4.78 is 5.40. The van der Waals surface area contributed by atoms with Crippen molar-refractivity contribution in [3.8, 4) is 17.2 Å². The number of hydrogen-bond acceptors (Lipinski definition) is 7. The van der Waals surface area contributed by atoms with Crippen molar-refractivity contribution in [1.29, 1.82) is 5.26 Å². The Morgan fingerprint density at radius 1 is 1.12 bits per heavy atom. The molecule has 0 saturated carbocycles. The summed E-state index contributed by atoms with van der Waals surface area (Å²) in [4.78, 5) is 14.5. The predicted molar refractivity (Wildman–Crippen MR) is 134 cm³/mol. The fourth-order valence-electron chi connectivity index (χ4n) is 4.28. The van der Waals surface area contributed by atoms with Crippen LogP contribution < -0.4 is 10.6 Å². The van der Waals surface area contributed by atoms with E-state index < -0.39 is 0 Å². The molecule has 1 saturated heterocycles. The van der Waals surface area contributed by atoms with E-state index in [1.54, 1.807) is 12.4 Å². The summed E-state index contributed by atoms with van der Waals surface area (Å²) in [5.41, 5.74) is 6.09. The van der Waals surface area contributed by atoms with E-state index in [2.05, 4.69) is 49.5 Å². The smallest absolute Gasteiger partial charge is 0.125 e. The molecule has 5 rings (SSSR count). The standard InChI is InChI=1S/C26H27N7O/c1-18-21-6-7-29-24(21)4-3-23(18)32-26-20(14-27)15-28-17-22(26)19-2-5-25(31-16-19)30-8-9-33-10-12-34-13-11-33/h2-7,15-17,29H,8-13H2,1H3,(H,28,32)(H,30,31). The number of aromatic nitrogens is 3. The van der Waals surface area contributed by atoms with Crippen molar-refractivity contribution in [2.45, 2.75) is 6.92 Å². The Hall–Kier alpha value is -3.93. The average Bonchev–Trinajstić information content (AvgIpc) is 3.37. The second kappa shape index (κ2) is 9.91. The van der Waals surface area contributed by atoms with Gasteiger partial charge < -0.3 is 20.4 Å². The molecule has 1 aliphatic rings. The molecular weight excluding hydrogens is 426 g/mol. The van der Waals surface area contributed by atoms with E-state index >= 15 is 0 Å². The van der Waals surface area contributed by atoms with Gasteiger partial charge in [-0.05, 0) is 42.8 Å². The van der Waals surface area contributed by atoms with E-state index in [0.717, 1.165) is 84.2 Å². The Kier molecular flexibility index (Phi) is 6.38. The Morgan fingerprint density at radius 2 is 2.00 bits per heavy atom. The molecule has 0 amide bonds. The summed E-state index contributed by atoms with van der Waals surface area (Å²) in [5.74, 6) is 0.824. The van der Waals surface area contributed by atoms with Gasteiger partial charge in [0.25, 0.3) is 0 Å². The number of ether oxygens (including phenoxy) is 1. The highest BCUT2D eigenvalue weighted by Gasteiger charge is 2.14. The fraction of sp³-hybridized carbons (Fsp3) is 0.269. The number of aromatic amines is 1. The van der Waals surface area contributed by atoms with Crippen molar-refractivity contribution in [1.82, 2.24) is 19.9 Å². The van der Waals surface area contributed by atoms with E-state index in [-0.39, 0.29) is 0 Å². The van der Waals surface area contributed by atoms with Crippen molar-refractivity contribution in [3.05, 3.63) is 66.2 Å². The van der Waals surface area contributed by atoms with Gasteiger partial charge in [-0.25, -0.2) is 4.98 Å². The highest BCUT2D eigenvalue weighted by atomic mass is 16.5. The number of H-pyrrole nitrogens is 1. The molecule has 4 heterocycles. The lowest BCUT2D eigenvalue weighted by molar-refractivity contribution is 0.0398. The molecule has 34 heavy (non-hydrogen) atoms. The Bertz CT molecular complexity index is 1320. The highest BCUT2D eigenvalue weighted by Crippen LogP contribution is 2.35.